The number of benzene rings is 1. The third kappa shape index (κ3) is 5.19. The highest BCUT2D eigenvalue weighted by Gasteiger charge is 2.69. The minimum atomic E-state index is -1.76. The highest BCUT2D eigenvalue weighted by atomic mass is 28.3. The number of carbonyl (C=O) groups excluding carboxylic acids is 2. The van der Waals surface area contributed by atoms with Gasteiger partial charge in [0.1, 0.15) is 6.10 Å². The van der Waals surface area contributed by atoms with Crippen molar-refractivity contribution in [2.24, 2.45) is 16.7 Å². The average Bonchev–Trinajstić information content (AvgIpc) is 2.76. The molecule has 0 amide bonds. The van der Waals surface area contributed by atoms with Gasteiger partial charge in [0, 0.05) is 13.5 Å². The molecule has 6 nitrogen and oxygen atoms in total. The molecule has 2 aliphatic rings. The van der Waals surface area contributed by atoms with Crippen LogP contribution < -0.4 is 0 Å². The van der Waals surface area contributed by atoms with Gasteiger partial charge in [-0.2, -0.15) is 0 Å². The van der Waals surface area contributed by atoms with Crippen molar-refractivity contribution in [2.45, 2.75) is 84.2 Å². The van der Waals surface area contributed by atoms with Gasteiger partial charge in [0.05, 0.1) is 31.5 Å². The largest absolute Gasteiger partial charge is 0.465 e. The second kappa shape index (κ2) is 9.92. The monoisotopic (exact) mass is 502 g/mol. The predicted molar refractivity (Wildman–Crippen MR) is 139 cm³/mol. The maximum Gasteiger partial charge on any atom is 0.326 e. The lowest BCUT2D eigenvalue weighted by atomic mass is 9.51. The lowest BCUT2D eigenvalue weighted by Crippen LogP contribution is -2.70. The van der Waals surface area contributed by atoms with Crippen LogP contribution in [0.25, 0.3) is 0 Å². The summed E-state index contributed by atoms with van der Waals surface area (Å²) in [6.45, 7) is 19.3. The molecular weight excluding hydrogens is 460 g/mol. The van der Waals surface area contributed by atoms with Crippen molar-refractivity contribution in [1.29, 1.82) is 0 Å². The fourth-order valence-corrected chi connectivity index (χ4v) is 5.92. The summed E-state index contributed by atoms with van der Waals surface area (Å²) in [6, 6.07) is 10.6. The summed E-state index contributed by atoms with van der Waals surface area (Å²) in [4.78, 5) is 27.7. The number of ether oxygens (including phenoxy) is 3. The van der Waals surface area contributed by atoms with Crippen molar-refractivity contribution >= 4 is 19.8 Å². The van der Waals surface area contributed by atoms with Crippen LogP contribution in [0.5, 0.6) is 0 Å². The SMILES string of the molecule is C=C1[C@]2(C(=O)OCC[Si](C)(C)C)C(=O)[C@@H](O)C(C)(C)O[C@@H]2C[C@@H](C)[C@]1(C)COCc1ccccc1. The van der Waals surface area contributed by atoms with Crippen LogP contribution in [0.3, 0.4) is 0 Å². The van der Waals surface area contributed by atoms with Crippen LogP contribution in [-0.4, -0.2) is 56.0 Å². The van der Waals surface area contributed by atoms with Crippen molar-refractivity contribution in [2.75, 3.05) is 13.2 Å². The Morgan fingerprint density at radius 1 is 1.20 bits per heavy atom. The summed E-state index contributed by atoms with van der Waals surface area (Å²) in [6.07, 6.45) is -1.77. The smallest absolute Gasteiger partial charge is 0.326 e. The number of hydrogen-bond donors (Lipinski definition) is 1. The Bertz CT molecular complexity index is 952. The first kappa shape index (κ1) is 27.8. The summed E-state index contributed by atoms with van der Waals surface area (Å²) in [5.74, 6) is -1.22. The van der Waals surface area contributed by atoms with E-state index in [4.69, 9.17) is 14.2 Å². The number of ketones is 1. The molecule has 1 saturated heterocycles. The van der Waals surface area contributed by atoms with Gasteiger partial charge in [-0.3, -0.25) is 9.59 Å². The van der Waals surface area contributed by atoms with Crippen molar-refractivity contribution < 1.29 is 28.9 Å². The standard InChI is InChI=1S/C28H42O6Si/c1-19-16-22-28(24(30)23(29)26(3,4)34-22,25(31)33-14-15-35(6,7)8)20(2)27(19,5)18-32-17-21-12-10-9-11-13-21/h9-13,19,22-23,29H,2,14-18H2,1,3-8H3/t19-,22-,23-,27+,28-/m1/s1. The van der Waals surface area contributed by atoms with Gasteiger partial charge in [-0.25, -0.2) is 0 Å². The van der Waals surface area contributed by atoms with Gasteiger partial charge in [0.2, 0.25) is 0 Å². The normalized spacial score (nSPS) is 32.7. The lowest BCUT2D eigenvalue weighted by Gasteiger charge is -2.58. The van der Waals surface area contributed by atoms with Gasteiger partial charge in [-0.1, -0.05) is 70.4 Å². The number of esters is 1. The molecule has 1 aromatic carbocycles. The van der Waals surface area contributed by atoms with Crippen LogP contribution in [0, 0.1) is 16.7 Å². The molecule has 1 aliphatic heterocycles. The van der Waals surface area contributed by atoms with Crippen LogP contribution in [-0.2, 0) is 30.4 Å². The molecule has 1 aromatic rings. The van der Waals surface area contributed by atoms with E-state index in [-0.39, 0.29) is 19.1 Å². The minimum Gasteiger partial charge on any atom is -0.465 e. The fourth-order valence-electron chi connectivity index (χ4n) is 5.21. The molecule has 1 heterocycles. The van der Waals surface area contributed by atoms with Gasteiger partial charge >= 0.3 is 5.97 Å². The fraction of sp³-hybridized carbons (Fsp3) is 0.643. The summed E-state index contributed by atoms with van der Waals surface area (Å²) < 4.78 is 18.1. The van der Waals surface area contributed by atoms with Gasteiger partial charge in [-0.15, -0.1) is 0 Å². The summed E-state index contributed by atoms with van der Waals surface area (Å²) in [5.41, 5.74) is -2.10. The number of Topliss-reactive ketones (excluding diaryl/α,β-unsaturated/α-hetero) is 1. The van der Waals surface area contributed by atoms with Gasteiger partial charge in [-0.05, 0) is 43.4 Å². The zero-order valence-corrected chi connectivity index (χ0v) is 23.3. The van der Waals surface area contributed by atoms with E-state index in [9.17, 15) is 14.7 Å². The zero-order valence-electron chi connectivity index (χ0n) is 22.3. The van der Waals surface area contributed by atoms with Crippen molar-refractivity contribution in [3.63, 3.8) is 0 Å². The van der Waals surface area contributed by atoms with Crippen LogP contribution in [0.4, 0.5) is 0 Å². The van der Waals surface area contributed by atoms with E-state index < -0.39 is 48.5 Å². The molecule has 35 heavy (non-hydrogen) atoms. The number of carbonyl (C=O) groups is 2. The third-order valence-corrected chi connectivity index (χ3v) is 9.67. The highest BCUT2D eigenvalue weighted by Crippen LogP contribution is 2.58. The highest BCUT2D eigenvalue weighted by molar-refractivity contribution is 6.76. The Hall–Kier alpha value is -1.80. The molecule has 0 spiro atoms. The summed E-state index contributed by atoms with van der Waals surface area (Å²) in [5, 5.41) is 10.9. The van der Waals surface area contributed by atoms with E-state index in [0.717, 1.165) is 11.6 Å². The molecule has 3 rings (SSSR count). The molecule has 7 heteroatoms. The average molecular weight is 503 g/mol. The molecule has 1 N–H and O–H groups in total. The van der Waals surface area contributed by atoms with Gasteiger partial charge in [0.25, 0.3) is 0 Å². The predicted octanol–water partition coefficient (Wildman–Crippen LogP) is 4.78. The van der Waals surface area contributed by atoms with Gasteiger partial charge in [0.15, 0.2) is 11.2 Å². The molecule has 0 radical (unpaired) electrons. The second-order valence-electron chi connectivity index (χ2n) is 12.2. The van der Waals surface area contributed by atoms with Crippen LogP contribution in [0.2, 0.25) is 25.7 Å². The summed E-state index contributed by atoms with van der Waals surface area (Å²) >= 11 is 0. The molecule has 2 fully saturated rings. The molecule has 0 bridgehead atoms. The molecular formula is C28H42O6Si. The summed E-state index contributed by atoms with van der Waals surface area (Å²) in [7, 11) is -1.46. The van der Waals surface area contributed by atoms with Crippen molar-refractivity contribution in [1.82, 2.24) is 0 Å². The van der Waals surface area contributed by atoms with Crippen LogP contribution >= 0.6 is 0 Å². The molecule has 5 atom stereocenters. The zero-order chi connectivity index (χ0) is 26.2. The topological polar surface area (TPSA) is 82.1 Å². The molecule has 0 aromatic heterocycles. The molecule has 194 valence electrons. The first-order valence-corrected chi connectivity index (χ1v) is 16.3. The number of aliphatic hydroxyl groups excluding tert-OH is 1. The Morgan fingerprint density at radius 2 is 1.83 bits per heavy atom. The maximum atomic E-state index is 13.9. The Kier molecular flexibility index (Phi) is 7.88. The van der Waals surface area contributed by atoms with E-state index in [2.05, 4.69) is 33.1 Å². The number of hydrogen-bond acceptors (Lipinski definition) is 6. The Balaban J connectivity index is 1.94. The molecule has 1 saturated carbocycles. The Labute approximate surface area is 211 Å². The molecule has 0 unspecified atom stereocenters. The first-order chi connectivity index (χ1) is 16.2. The minimum absolute atomic E-state index is 0.0255. The quantitative estimate of drug-likeness (QED) is 0.238. The van der Waals surface area contributed by atoms with Crippen molar-refractivity contribution in [3.8, 4) is 0 Å². The molecule has 1 aliphatic carbocycles. The Morgan fingerprint density at radius 3 is 2.43 bits per heavy atom. The van der Waals surface area contributed by atoms with Gasteiger partial charge < -0.3 is 19.3 Å². The second-order valence-corrected chi connectivity index (χ2v) is 17.9. The number of aliphatic hydroxyl groups is 1. The number of fused-ring (bicyclic) bond motifs is 1. The van der Waals surface area contributed by atoms with E-state index in [1.54, 1.807) is 13.8 Å². The van der Waals surface area contributed by atoms with E-state index in [1.165, 1.54) is 0 Å². The van der Waals surface area contributed by atoms with Crippen molar-refractivity contribution in [3.05, 3.63) is 48.0 Å². The number of rotatable bonds is 8. The maximum absolute atomic E-state index is 13.9. The van der Waals surface area contributed by atoms with Crippen LogP contribution in [0.15, 0.2) is 42.5 Å². The van der Waals surface area contributed by atoms with E-state index in [1.807, 2.05) is 37.3 Å². The van der Waals surface area contributed by atoms with E-state index >= 15 is 0 Å². The third-order valence-electron chi connectivity index (χ3n) is 7.97. The lowest BCUT2D eigenvalue weighted by molar-refractivity contribution is -0.230. The first-order valence-electron chi connectivity index (χ1n) is 12.5. The van der Waals surface area contributed by atoms with Crippen LogP contribution in [0.1, 0.15) is 39.7 Å². The van der Waals surface area contributed by atoms with E-state index in [0.29, 0.717) is 18.6 Å².